The lowest BCUT2D eigenvalue weighted by Gasteiger charge is -2.10. The minimum Gasteiger partial charge on any atom is -0.493 e. The molecule has 0 bridgehead atoms. The summed E-state index contributed by atoms with van der Waals surface area (Å²) in [5.41, 5.74) is 1.35. The number of hydrogen-bond donors (Lipinski definition) is 0. The van der Waals surface area contributed by atoms with Crippen LogP contribution in [0, 0.1) is 0 Å². The second-order valence-electron chi connectivity index (χ2n) is 5.83. The van der Waals surface area contributed by atoms with Crippen molar-refractivity contribution in [2.24, 2.45) is 0 Å². The topological polar surface area (TPSA) is 88.1 Å². The lowest BCUT2D eigenvalue weighted by atomic mass is 10.1. The van der Waals surface area contributed by atoms with Gasteiger partial charge in [-0.15, -0.1) is 0 Å². The molecule has 0 N–H and O–H groups in total. The Bertz CT molecular complexity index is 1060. The highest BCUT2D eigenvalue weighted by molar-refractivity contribution is 5.87. The molecule has 0 aliphatic rings. The molecule has 0 heterocycles. The van der Waals surface area contributed by atoms with Crippen molar-refractivity contribution in [3.05, 3.63) is 85.5 Å². The van der Waals surface area contributed by atoms with Gasteiger partial charge in [0.2, 0.25) is 0 Å². The van der Waals surface area contributed by atoms with Gasteiger partial charge in [0.05, 0.1) is 7.11 Å². The van der Waals surface area contributed by atoms with Gasteiger partial charge in [-0.05, 0) is 35.4 Å². The summed E-state index contributed by atoms with van der Waals surface area (Å²) in [6.45, 7) is 10.0. The molecule has 0 atom stereocenters. The smallest absolute Gasteiger partial charge is 0.335 e. The number of ether oxygens (including phenoxy) is 4. The van der Waals surface area contributed by atoms with Crippen molar-refractivity contribution in [1.29, 1.82) is 0 Å². The zero-order valence-electron chi connectivity index (χ0n) is 16.8. The van der Waals surface area contributed by atoms with Crippen molar-refractivity contribution >= 4 is 30.1 Å². The lowest BCUT2D eigenvalue weighted by Crippen LogP contribution is -2.08. The van der Waals surface area contributed by atoms with Crippen molar-refractivity contribution in [1.82, 2.24) is 0 Å². The van der Waals surface area contributed by atoms with Crippen LogP contribution in [0.2, 0.25) is 0 Å². The van der Waals surface area contributed by atoms with E-state index in [9.17, 15) is 14.4 Å². The molecular formula is C24H20O7. The summed E-state index contributed by atoms with van der Waals surface area (Å²) < 4.78 is 20.6. The maximum absolute atomic E-state index is 11.6. The fourth-order valence-corrected chi connectivity index (χ4v) is 2.31. The van der Waals surface area contributed by atoms with E-state index in [0.717, 1.165) is 18.2 Å². The third-order valence-corrected chi connectivity index (χ3v) is 3.76. The Hall–Kier alpha value is -4.39. The summed E-state index contributed by atoms with van der Waals surface area (Å²) in [5, 5.41) is 0. The highest BCUT2D eigenvalue weighted by atomic mass is 16.6. The second-order valence-corrected chi connectivity index (χ2v) is 5.83. The quantitative estimate of drug-likeness (QED) is 0.261. The normalized spacial score (nSPS) is 10.1. The van der Waals surface area contributed by atoms with Crippen LogP contribution in [-0.4, -0.2) is 25.0 Å². The molecule has 7 nitrogen and oxygen atoms in total. The molecule has 7 heteroatoms. The molecule has 0 fully saturated rings. The van der Waals surface area contributed by atoms with Gasteiger partial charge >= 0.3 is 17.9 Å². The summed E-state index contributed by atoms with van der Waals surface area (Å²) in [5.74, 6) is -1.29. The van der Waals surface area contributed by atoms with E-state index >= 15 is 0 Å². The van der Waals surface area contributed by atoms with Gasteiger partial charge in [-0.25, -0.2) is 14.4 Å². The summed E-state index contributed by atoms with van der Waals surface area (Å²) in [7, 11) is 1.46. The van der Waals surface area contributed by atoms with E-state index in [1.807, 2.05) is 0 Å². The fraction of sp³-hybridized carbons (Fsp3) is 0.0417. The van der Waals surface area contributed by atoms with Gasteiger partial charge < -0.3 is 18.9 Å². The number of carbonyl (C=O) groups is 3. The maximum atomic E-state index is 11.6. The molecule has 0 radical (unpaired) electrons. The number of esters is 3. The predicted octanol–water partition coefficient (Wildman–Crippen LogP) is 4.14. The van der Waals surface area contributed by atoms with Gasteiger partial charge in [0.1, 0.15) is 0 Å². The molecule has 2 aromatic carbocycles. The van der Waals surface area contributed by atoms with Crippen LogP contribution in [0.5, 0.6) is 23.0 Å². The Morgan fingerprint density at radius 2 is 1.03 bits per heavy atom. The van der Waals surface area contributed by atoms with Crippen LogP contribution in [0.15, 0.2) is 74.4 Å². The van der Waals surface area contributed by atoms with Crippen molar-refractivity contribution in [2.75, 3.05) is 7.11 Å². The van der Waals surface area contributed by atoms with E-state index in [2.05, 4.69) is 19.7 Å². The molecule has 0 aliphatic heterocycles. The van der Waals surface area contributed by atoms with Crippen molar-refractivity contribution in [3.63, 3.8) is 0 Å². The van der Waals surface area contributed by atoms with Gasteiger partial charge in [-0.2, -0.15) is 0 Å². The molecule has 0 aromatic heterocycles. The van der Waals surface area contributed by atoms with E-state index in [1.54, 1.807) is 36.4 Å². The predicted molar refractivity (Wildman–Crippen MR) is 116 cm³/mol. The molecule has 0 amide bonds. The number of hydrogen-bond acceptors (Lipinski definition) is 7. The fourth-order valence-electron chi connectivity index (χ4n) is 2.31. The Labute approximate surface area is 179 Å². The SMILES string of the molecule is C=CC(=O)Oc1cc(/C=C/c2ccc(OC(=O)C=C)c(OC(=O)C=C)c2)ccc1OC. The Balaban J connectivity index is 2.34. The zero-order chi connectivity index (χ0) is 22.8. The number of rotatable bonds is 9. The van der Waals surface area contributed by atoms with Crippen LogP contribution in [0.3, 0.4) is 0 Å². The third kappa shape index (κ3) is 6.57. The van der Waals surface area contributed by atoms with Gasteiger partial charge in [-0.3, -0.25) is 0 Å². The first-order valence-electron chi connectivity index (χ1n) is 8.93. The number of benzene rings is 2. The van der Waals surface area contributed by atoms with Crippen LogP contribution < -0.4 is 18.9 Å². The van der Waals surface area contributed by atoms with E-state index < -0.39 is 17.9 Å². The van der Waals surface area contributed by atoms with Gasteiger partial charge in [0.25, 0.3) is 0 Å². The summed E-state index contributed by atoms with van der Waals surface area (Å²) in [6.07, 6.45) is 6.51. The molecule has 0 spiro atoms. The molecule has 2 aromatic rings. The second kappa shape index (κ2) is 11.0. The van der Waals surface area contributed by atoms with E-state index in [4.69, 9.17) is 18.9 Å². The molecule has 0 aliphatic carbocycles. The Morgan fingerprint density at radius 1 is 0.645 bits per heavy atom. The van der Waals surface area contributed by atoms with Crippen LogP contribution in [0.25, 0.3) is 12.2 Å². The van der Waals surface area contributed by atoms with Crippen molar-refractivity contribution in [2.45, 2.75) is 0 Å². The first-order valence-corrected chi connectivity index (χ1v) is 8.93. The zero-order valence-corrected chi connectivity index (χ0v) is 16.8. The maximum Gasteiger partial charge on any atom is 0.335 e. The minimum absolute atomic E-state index is 0.0394. The summed E-state index contributed by atoms with van der Waals surface area (Å²) in [4.78, 5) is 34.6. The molecular weight excluding hydrogens is 400 g/mol. The standard InChI is InChI=1S/C24H20O7/c1-5-22(25)29-19-13-11-17(15-21(19)31-24(27)7-3)9-8-16-10-12-18(28-4)20(14-16)30-23(26)6-2/h5-15H,1-3H2,4H3/b9-8+. The van der Waals surface area contributed by atoms with E-state index in [1.165, 1.54) is 19.2 Å². The number of carbonyl (C=O) groups excluding carboxylic acids is 3. The lowest BCUT2D eigenvalue weighted by molar-refractivity contribution is -0.131. The van der Waals surface area contributed by atoms with Crippen molar-refractivity contribution < 1.29 is 33.3 Å². The highest BCUT2D eigenvalue weighted by Crippen LogP contribution is 2.31. The first-order chi connectivity index (χ1) is 14.9. The molecule has 158 valence electrons. The number of methoxy groups -OCH3 is 1. The third-order valence-electron chi connectivity index (χ3n) is 3.76. The van der Waals surface area contributed by atoms with Gasteiger partial charge in [0, 0.05) is 18.2 Å². The minimum atomic E-state index is -0.708. The van der Waals surface area contributed by atoms with Crippen LogP contribution in [-0.2, 0) is 14.4 Å². The van der Waals surface area contributed by atoms with Crippen LogP contribution in [0.4, 0.5) is 0 Å². The summed E-state index contributed by atoms with van der Waals surface area (Å²) >= 11 is 0. The van der Waals surface area contributed by atoms with Gasteiger partial charge in [-0.1, -0.05) is 44.0 Å². The summed E-state index contributed by atoms with van der Waals surface area (Å²) in [6, 6.07) is 9.70. The van der Waals surface area contributed by atoms with Crippen LogP contribution >= 0.6 is 0 Å². The Kier molecular flexibility index (Phi) is 8.10. The molecule has 2 rings (SSSR count). The average Bonchev–Trinajstić information content (AvgIpc) is 2.78. The molecule has 31 heavy (non-hydrogen) atoms. The first kappa shape index (κ1) is 22.9. The largest absolute Gasteiger partial charge is 0.493 e. The average molecular weight is 420 g/mol. The van der Waals surface area contributed by atoms with E-state index in [0.29, 0.717) is 16.9 Å². The molecule has 0 unspecified atom stereocenters. The Morgan fingerprint density at radius 3 is 1.45 bits per heavy atom. The van der Waals surface area contributed by atoms with E-state index in [-0.39, 0.29) is 17.2 Å². The monoisotopic (exact) mass is 420 g/mol. The van der Waals surface area contributed by atoms with Crippen LogP contribution in [0.1, 0.15) is 11.1 Å². The molecule has 0 saturated heterocycles. The van der Waals surface area contributed by atoms with Crippen molar-refractivity contribution in [3.8, 4) is 23.0 Å². The van der Waals surface area contributed by atoms with Gasteiger partial charge in [0.15, 0.2) is 23.0 Å². The molecule has 0 saturated carbocycles. The highest BCUT2D eigenvalue weighted by Gasteiger charge is 2.12.